The first-order chi connectivity index (χ1) is 10.1. The van der Waals surface area contributed by atoms with Gasteiger partial charge in [-0.05, 0) is 36.8 Å². The quantitative estimate of drug-likeness (QED) is 0.808. The molecule has 110 valence electrons. The molecule has 0 aromatic heterocycles. The lowest BCUT2D eigenvalue weighted by molar-refractivity contribution is -0.116. The summed E-state index contributed by atoms with van der Waals surface area (Å²) in [6.45, 7) is 2.28. The molecule has 0 aliphatic heterocycles. The zero-order valence-corrected chi connectivity index (χ0v) is 13.3. The highest BCUT2D eigenvalue weighted by molar-refractivity contribution is 9.10. The molecule has 21 heavy (non-hydrogen) atoms. The number of amides is 1. The summed E-state index contributed by atoms with van der Waals surface area (Å²) >= 11 is 3.40. The van der Waals surface area contributed by atoms with Crippen LogP contribution in [-0.2, 0) is 4.79 Å². The van der Waals surface area contributed by atoms with Crippen LogP contribution in [-0.4, -0.2) is 12.5 Å². The molecule has 0 unspecified atom stereocenters. The Morgan fingerprint density at radius 1 is 1.29 bits per heavy atom. The average Bonchev–Trinajstić information content (AvgIpc) is 2.45. The predicted octanol–water partition coefficient (Wildman–Crippen LogP) is 3.75. The van der Waals surface area contributed by atoms with Gasteiger partial charge in [-0.15, -0.1) is 0 Å². The van der Waals surface area contributed by atoms with Crippen molar-refractivity contribution in [3.05, 3.63) is 52.5 Å². The maximum Gasteiger partial charge on any atom is 0.227 e. The first kappa shape index (κ1) is 15.4. The Bertz CT molecular complexity index is 644. The van der Waals surface area contributed by atoms with Crippen molar-refractivity contribution in [1.82, 2.24) is 0 Å². The van der Waals surface area contributed by atoms with Crippen molar-refractivity contribution in [3.8, 4) is 5.75 Å². The van der Waals surface area contributed by atoms with Crippen LogP contribution in [0.3, 0.4) is 0 Å². The Kier molecular flexibility index (Phi) is 5.22. The maximum absolute atomic E-state index is 11.9. The highest BCUT2D eigenvalue weighted by atomic mass is 79.9. The Hall–Kier alpha value is -2.01. The minimum atomic E-state index is -0.124. The molecule has 0 atom stereocenters. The van der Waals surface area contributed by atoms with Crippen molar-refractivity contribution in [2.75, 3.05) is 17.7 Å². The fraction of sp³-hybridized carbons (Fsp3) is 0.188. The van der Waals surface area contributed by atoms with Crippen molar-refractivity contribution in [2.24, 2.45) is 0 Å². The highest BCUT2D eigenvalue weighted by Crippen LogP contribution is 2.23. The summed E-state index contributed by atoms with van der Waals surface area (Å²) < 4.78 is 6.58. The largest absolute Gasteiger partial charge is 0.493 e. The molecule has 3 N–H and O–H groups in total. The van der Waals surface area contributed by atoms with Crippen molar-refractivity contribution in [2.45, 2.75) is 13.3 Å². The highest BCUT2D eigenvalue weighted by Gasteiger charge is 2.06. The van der Waals surface area contributed by atoms with E-state index in [1.165, 1.54) is 0 Å². The number of nitrogen functional groups attached to an aromatic ring is 1. The van der Waals surface area contributed by atoms with E-state index in [1.54, 1.807) is 12.1 Å². The van der Waals surface area contributed by atoms with Crippen LogP contribution in [0.15, 0.2) is 46.9 Å². The number of rotatable bonds is 5. The van der Waals surface area contributed by atoms with Crippen molar-refractivity contribution in [3.63, 3.8) is 0 Å². The molecule has 0 bridgehead atoms. The lowest BCUT2D eigenvalue weighted by Gasteiger charge is -2.10. The molecule has 0 spiro atoms. The summed E-state index contributed by atoms with van der Waals surface area (Å²) in [5, 5.41) is 2.77. The number of ether oxygens (including phenoxy) is 1. The second kappa shape index (κ2) is 7.13. The van der Waals surface area contributed by atoms with E-state index in [9.17, 15) is 4.79 Å². The molecule has 5 heteroatoms. The first-order valence-corrected chi connectivity index (χ1v) is 7.39. The molecule has 0 aliphatic rings. The van der Waals surface area contributed by atoms with Crippen LogP contribution in [0.1, 0.15) is 12.0 Å². The summed E-state index contributed by atoms with van der Waals surface area (Å²) in [7, 11) is 0. The smallest absolute Gasteiger partial charge is 0.227 e. The zero-order chi connectivity index (χ0) is 15.2. The number of hydrogen-bond acceptors (Lipinski definition) is 3. The molecule has 0 fully saturated rings. The van der Waals surface area contributed by atoms with Crippen LogP contribution in [0, 0.1) is 6.92 Å². The second-order valence-electron chi connectivity index (χ2n) is 4.64. The normalized spacial score (nSPS) is 10.2. The van der Waals surface area contributed by atoms with Gasteiger partial charge >= 0.3 is 0 Å². The van der Waals surface area contributed by atoms with E-state index in [-0.39, 0.29) is 12.3 Å². The van der Waals surface area contributed by atoms with Gasteiger partial charge < -0.3 is 15.8 Å². The van der Waals surface area contributed by atoms with Crippen LogP contribution in [0.25, 0.3) is 0 Å². The topological polar surface area (TPSA) is 64.3 Å². The van der Waals surface area contributed by atoms with E-state index in [0.29, 0.717) is 18.0 Å². The predicted molar refractivity (Wildman–Crippen MR) is 88.5 cm³/mol. The number of hydrogen-bond donors (Lipinski definition) is 2. The number of aryl methyl sites for hydroxylation is 1. The molecule has 0 radical (unpaired) electrons. The molecule has 0 aliphatic carbocycles. The van der Waals surface area contributed by atoms with Gasteiger partial charge in [-0.25, -0.2) is 0 Å². The summed E-state index contributed by atoms with van der Waals surface area (Å²) in [5.41, 5.74) is 7.98. The number of benzene rings is 2. The van der Waals surface area contributed by atoms with Gasteiger partial charge in [0, 0.05) is 4.47 Å². The van der Waals surface area contributed by atoms with Crippen LogP contribution in [0.4, 0.5) is 11.4 Å². The minimum absolute atomic E-state index is 0.124. The summed E-state index contributed by atoms with van der Waals surface area (Å²) in [6.07, 6.45) is 0.264. The van der Waals surface area contributed by atoms with Crippen LogP contribution < -0.4 is 15.8 Å². The molecule has 2 rings (SSSR count). The van der Waals surface area contributed by atoms with Gasteiger partial charge in [-0.1, -0.05) is 34.1 Å². The minimum Gasteiger partial charge on any atom is -0.493 e. The number of nitrogens with one attached hydrogen (secondary N) is 1. The number of anilines is 2. The van der Waals surface area contributed by atoms with Gasteiger partial charge in [0.05, 0.1) is 24.4 Å². The molecular formula is C16H17BrN2O2. The van der Waals surface area contributed by atoms with Crippen LogP contribution in [0.5, 0.6) is 5.75 Å². The Balaban J connectivity index is 1.85. The number of carbonyl (C=O) groups is 1. The van der Waals surface area contributed by atoms with Crippen LogP contribution >= 0.6 is 15.9 Å². The van der Waals surface area contributed by atoms with Gasteiger partial charge in [0.1, 0.15) is 5.75 Å². The third-order valence-corrected chi connectivity index (χ3v) is 3.47. The van der Waals surface area contributed by atoms with E-state index in [0.717, 1.165) is 15.8 Å². The first-order valence-electron chi connectivity index (χ1n) is 6.59. The fourth-order valence-corrected chi connectivity index (χ4v) is 2.15. The molecule has 4 nitrogen and oxygen atoms in total. The van der Waals surface area contributed by atoms with Gasteiger partial charge in [-0.3, -0.25) is 4.79 Å². The molecule has 0 saturated carbocycles. The Morgan fingerprint density at radius 3 is 2.81 bits per heavy atom. The number of nitrogens with two attached hydrogens (primary N) is 1. The van der Waals surface area contributed by atoms with E-state index in [2.05, 4.69) is 21.2 Å². The third-order valence-electron chi connectivity index (χ3n) is 2.97. The van der Waals surface area contributed by atoms with E-state index in [1.807, 2.05) is 37.3 Å². The molecule has 0 saturated heterocycles. The molecule has 1 amide bonds. The van der Waals surface area contributed by atoms with Gasteiger partial charge in [0.2, 0.25) is 5.91 Å². The SMILES string of the molecule is Cc1ccc(Br)cc1OCCC(=O)Nc1ccccc1N. The number of para-hydroxylation sites is 2. The van der Waals surface area contributed by atoms with Crippen molar-refractivity contribution < 1.29 is 9.53 Å². The molecular weight excluding hydrogens is 332 g/mol. The third kappa shape index (κ3) is 4.49. The monoisotopic (exact) mass is 348 g/mol. The van der Waals surface area contributed by atoms with E-state index in [4.69, 9.17) is 10.5 Å². The molecule has 2 aromatic carbocycles. The molecule has 0 heterocycles. The van der Waals surface area contributed by atoms with E-state index >= 15 is 0 Å². The maximum atomic E-state index is 11.9. The number of halogens is 1. The Morgan fingerprint density at radius 2 is 2.05 bits per heavy atom. The summed E-state index contributed by atoms with van der Waals surface area (Å²) in [4.78, 5) is 11.9. The standard InChI is InChI=1S/C16H17BrN2O2/c1-11-6-7-12(17)10-15(11)21-9-8-16(20)19-14-5-3-2-4-13(14)18/h2-7,10H,8-9,18H2,1H3,(H,19,20). The summed E-state index contributed by atoms with van der Waals surface area (Å²) in [6, 6.07) is 13.0. The van der Waals surface area contributed by atoms with E-state index < -0.39 is 0 Å². The van der Waals surface area contributed by atoms with Gasteiger partial charge in [-0.2, -0.15) is 0 Å². The van der Waals surface area contributed by atoms with Gasteiger partial charge in [0.25, 0.3) is 0 Å². The number of carbonyl (C=O) groups excluding carboxylic acids is 1. The van der Waals surface area contributed by atoms with Gasteiger partial charge in [0.15, 0.2) is 0 Å². The second-order valence-corrected chi connectivity index (χ2v) is 5.56. The van der Waals surface area contributed by atoms with Crippen molar-refractivity contribution in [1.29, 1.82) is 0 Å². The lowest BCUT2D eigenvalue weighted by Crippen LogP contribution is -2.16. The Labute approximate surface area is 132 Å². The molecule has 2 aromatic rings. The zero-order valence-electron chi connectivity index (χ0n) is 11.7. The van der Waals surface area contributed by atoms with Crippen LogP contribution in [0.2, 0.25) is 0 Å². The average molecular weight is 349 g/mol. The fourth-order valence-electron chi connectivity index (χ4n) is 1.81. The lowest BCUT2D eigenvalue weighted by atomic mass is 10.2. The van der Waals surface area contributed by atoms with Crippen molar-refractivity contribution >= 4 is 33.2 Å². The summed E-state index contributed by atoms with van der Waals surface area (Å²) in [5.74, 6) is 0.650.